The Morgan fingerprint density at radius 3 is 1.35 bits per heavy atom. The van der Waals surface area contributed by atoms with E-state index in [4.69, 9.17) is 9.47 Å². The lowest BCUT2D eigenvalue weighted by molar-refractivity contribution is -0.144. The van der Waals surface area contributed by atoms with Gasteiger partial charge in [0.25, 0.3) is 0 Å². The molecule has 0 aliphatic rings. The number of halogens is 4. The molecule has 1 heterocycles. The predicted molar refractivity (Wildman–Crippen MR) is 168 cm³/mol. The fourth-order valence-electron chi connectivity index (χ4n) is 4.24. The Bertz CT molecular complexity index is 1530. The molecule has 0 N–H and O–H groups in total. The lowest BCUT2D eigenvalue weighted by atomic mass is 10.1. The molecule has 0 saturated carbocycles. The number of rotatable bonds is 10. The van der Waals surface area contributed by atoms with Crippen LogP contribution in [0.3, 0.4) is 0 Å². The standard InChI is InChI=1S/C29H22Br4N2O5/c1-3-21(36)39-19(17-11-7-5-8-12-17)15-34-27-25(32)23(30)24(31)26(33)28(27)35(29(34)38)16-20(40-22(37)4-2)18-13-9-6-10-14-18/h3-14,19-20H,1-2,15-16H2. The Balaban J connectivity index is 1.94. The van der Waals surface area contributed by atoms with Gasteiger partial charge in [0.1, 0.15) is 12.2 Å². The highest BCUT2D eigenvalue weighted by atomic mass is 79.9. The number of aromatic nitrogens is 2. The van der Waals surface area contributed by atoms with Crippen molar-refractivity contribution in [2.24, 2.45) is 0 Å². The summed E-state index contributed by atoms with van der Waals surface area (Å²) in [4.78, 5) is 38.7. The van der Waals surface area contributed by atoms with E-state index < -0.39 is 29.8 Å². The van der Waals surface area contributed by atoms with Gasteiger partial charge in [0.05, 0.1) is 33.1 Å². The number of hydrogen-bond acceptors (Lipinski definition) is 5. The van der Waals surface area contributed by atoms with E-state index in [1.54, 1.807) is 0 Å². The summed E-state index contributed by atoms with van der Waals surface area (Å²) in [6, 6.07) is 18.3. The zero-order chi connectivity index (χ0) is 29.0. The molecule has 0 radical (unpaired) electrons. The van der Waals surface area contributed by atoms with Crippen molar-refractivity contribution in [2.75, 3.05) is 0 Å². The molecule has 0 fully saturated rings. The number of hydrogen-bond donors (Lipinski definition) is 0. The highest BCUT2D eigenvalue weighted by Gasteiger charge is 2.28. The summed E-state index contributed by atoms with van der Waals surface area (Å²) in [5.41, 5.74) is 2.11. The van der Waals surface area contributed by atoms with Crippen LogP contribution in [-0.2, 0) is 32.2 Å². The Labute approximate surface area is 264 Å². The maximum Gasteiger partial charge on any atom is 0.330 e. The first-order valence-electron chi connectivity index (χ1n) is 11.9. The number of carbonyl (C=O) groups excluding carboxylic acids is 2. The zero-order valence-electron chi connectivity index (χ0n) is 20.9. The van der Waals surface area contributed by atoms with Gasteiger partial charge in [-0.2, -0.15) is 0 Å². The molecule has 3 aromatic carbocycles. The zero-order valence-corrected chi connectivity index (χ0v) is 27.2. The van der Waals surface area contributed by atoms with Gasteiger partial charge >= 0.3 is 17.6 Å². The fraction of sp³-hybridized carbons (Fsp3) is 0.138. The molecule has 0 saturated heterocycles. The van der Waals surface area contributed by atoms with Gasteiger partial charge in [0.15, 0.2) is 0 Å². The summed E-state index contributed by atoms with van der Waals surface area (Å²) >= 11 is 14.5. The summed E-state index contributed by atoms with van der Waals surface area (Å²) in [5, 5.41) is 0. The minimum Gasteiger partial charge on any atom is -0.452 e. The van der Waals surface area contributed by atoms with Crippen molar-refractivity contribution in [3.63, 3.8) is 0 Å². The molecule has 40 heavy (non-hydrogen) atoms. The number of ether oxygens (including phenoxy) is 2. The third-order valence-corrected chi connectivity index (χ3v) is 10.8. The first kappa shape index (κ1) is 30.2. The topological polar surface area (TPSA) is 79.5 Å². The molecule has 4 rings (SSSR count). The second-order valence-electron chi connectivity index (χ2n) is 8.54. The molecule has 1 aromatic heterocycles. The number of imidazole rings is 1. The molecule has 4 aromatic rings. The summed E-state index contributed by atoms with van der Waals surface area (Å²) < 4.78 is 17.0. The van der Waals surface area contributed by atoms with E-state index in [1.807, 2.05) is 60.7 Å². The van der Waals surface area contributed by atoms with Crippen molar-refractivity contribution < 1.29 is 19.1 Å². The average molecular weight is 798 g/mol. The van der Waals surface area contributed by atoms with Crippen molar-refractivity contribution in [1.29, 1.82) is 0 Å². The fourth-order valence-corrected chi connectivity index (χ4v) is 6.75. The van der Waals surface area contributed by atoms with Crippen LogP contribution in [0.2, 0.25) is 0 Å². The van der Waals surface area contributed by atoms with Gasteiger partial charge in [-0.25, -0.2) is 14.4 Å². The molecule has 0 amide bonds. The van der Waals surface area contributed by atoms with Gasteiger partial charge < -0.3 is 9.47 Å². The summed E-state index contributed by atoms with van der Waals surface area (Å²) in [5.74, 6) is -1.23. The SMILES string of the molecule is C=CC(=O)OC(Cn1c(=O)n(CC(OC(=O)C=C)c2ccccc2)c2c(Br)c(Br)c(Br)c(Br)c21)c1ccccc1. The van der Waals surface area contributed by atoms with E-state index in [0.29, 0.717) is 40.1 Å². The van der Waals surface area contributed by atoms with E-state index >= 15 is 0 Å². The van der Waals surface area contributed by atoms with Crippen LogP contribution in [0, 0.1) is 0 Å². The predicted octanol–water partition coefficient (Wildman–Crippen LogP) is 7.79. The Kier molecular flexibility index (Phi) is 10.0. The van der Waals surface area contributed by atoms with E-state index in [9.17, 15) is 14.4 Å². The Hall–Kier alpha value is -2.73. The van der Waals surface area contributed by atoms with Gasteiger partial charge in [-0.1, -0.05) is 73.8 Å². The van der Waals surface area contributed by atoms with Crippen LogP contribution in [0.15, 0.2) is 109 Å². The molecule has 0 aliphatic carbocycles. The van der Waals surface area contributed by atoms with Gasteiger partial charge in [0, 0.05) is 21.1 Å². The minimum atomic E-state index is -0.792. The van der Waals surface area contributed by atoms with Crippen LogP contribution >= 0.6 is 63.7 Å². The van der Waals surface area contributed by atoms with Gasteiger partial charge in [-0.15, -0.1) is 0 Å². The number of esters is 2. The number of carbonyl (C=O) groups is 2. The molecule has 0 aliphatic heterocycles. The average Bonchev–Trinajstić information content (AvgIpc) is 3.25. The molecule has 0 bridgehead atoms. The second-order valence-corrected chi connectivity index (χ2v) is 11.7. The first-order valence-corrected chi connectivity index (χ1v) is 15.1. The van der Waals surface area contributed by atoms with Crippen LogP contribution < -0.4 is 5.69 Å². The van der Waals surface area contributed by atoms with Crippen molar-refractivity contribution >= 4 is 86.7 Å². The highest BCUT2D eigenvalue weighted by Crippen LogP contribution is 2.44. The quantitative estimate of drug-likeness (QED) is 0.0709. The number of benzene rings is 3. The second kappa shape index (κ2) is 13.3. The normalized spacial score (nSPS) is 12.5. The van der Waals surface area contributed by atoms with Crippen molar-refractivity contribution in [3.8, 4) is 0 Å². The smallest absolute Gasteiger partial charge is 0.330 e. The maximum absolute atomic E-state index is 14.2. The van der Waals surface area contributed by atoms with Crippen molar-refractivity contribution in [2.45, 2.75) is 25.3 Å². The van der Waals surface area contributed by atoms with E-state index in [2.05, 4.69) is 76.9 Å². The molecule has 206 valence electrons. The number of nitrogens with zero attached hydrogens (tertiary/aromatic N) is 2. The van der Waals surface area contributed by atoms with E-state index in [0.717, 1.165) is 12.2 Å². The molecular formula is C29H22Br4N2O5. The van der Waals surface area contributed by atoms with Gasteiger partial charge in [-0.3, -0.25) is 9.13 Å². The van der Waals surface area contributed by atoms with Crippen LogP contribution in [0.1, 0.15) is 23.3 Å². The summed E-state index contributed by atoms with van der Waals surface area (Å²) in [7, 11) is 0. The van der Waals surface area contributed by atoms with Gasteiger partial charge in [-0.05, 0) is 74.8 Å². The molecule has 2 unspecified atom stereocenters. The summed E-state index contributed by atoms with van der Waals surface area (Å²) in [6.45, 7) is 7.02. The molecule has 11 heteroatoms. The Morgan fingerprint density at radius 2 is 1.02 bits per heavy atom. The highest BCUT2D eigenvalue weighted by molar-refractivity contribution is 9.15. The molecular weight excluding hydrogens is 776 g/mol. The lowest BCUT2D eigenvalue weighted by Gasteiger charge is -2.19. The largest absolute Gasteiger partial charge is 0.452 e. The monoisotopic (exact) mass is 794 g/mol. The lowest BCUT2D eigenvalue weighted by Crippen LogP contribution is -2.30. The molecule has 0 spiro atoms. The maximum atomic E-state index is 14.2. The van der Waals surface area contributed by atoms with E-state index in [-0.39, 0.29) is 13.1 Å². The van der Waals surface area contributed by atoms with Crippen LogP contribution in [-0.4, -0.2) is 21.1 Å². The van der Waals surface area contributed by atoms with Crippen LogP contribution in [0.25, 0.3) is 11.0 Å². The number of fused-ring (bicyclic) bond motifs is 1. The van der Waals surface area contributed by atoms with Crippen molar-refractivity contribution in [3.05, 3.63) is 125 Å². The van der Waals surface area contributed by atoms with Crippen LogP contribution in [0.4, 0.5) is 0 Å². The minimum absolute atomic E-state index is 0.00743. The molecule has 2 atom stereocenters. The van der Waals surface area contributed by atoms with Crippen LogP contribution in [0.5, 0.6) is 0 Å². The third-order valence-electron chi connectivity index (χ3n) is 6.11. The van der Waals surface area contributed by atoms with Gasteiger partial charge in [0.2, 0.25) is 0 Å². The summed E-state index contributed by atoms with van der Waals surface area (Å²) in [6.07, 6.45) is 0.585. The first-order chi connectivity index (χ1) is 19.2. The Morgan fingerprint density at radius 1 is 0.675 bits per heavy atom. The van der Waals surface area contributed by atoms with Crippen molar-refractivity contribution in [1.82, 2.24) is 9.13 Å². The van der Waals surface area contributed by atoms with E-state index in [1.165, 1.54) is 9.13 Å². The third kappa shape index (κ3) is 6.27. The molecule has 7 nitrogen and oxygen atoms in total.